The fourth-order valence-corrected chi connectivity index (χ4v) is 10.4. The fraction of sp³-hybridized carbons (Fsp3) is 0.426. The smallest absolute Gasteiger partial charge is 0.248 e. The Bertz CT molecular complexity index is 2550. The number of hydrogen-bond acceptors (Lipinski definition) is 10. The van der Waals surface area contributed by atoms with Gasteiger partial charge in [0, 0.05) is 48.6 Å². The molecular weight excluding hydrogens is 958 g/mol. The van der Waals surface area contributed by atoms with Gasteiger partial charge in [-0.15, -0.1) is 34.3 Å². The summed E-state index contributed by atoms with van der Waals surface area (Å²) in [6.45, 7) is 9.81. The van der Waals surface area contributed by atoms with Gasteiger partial charge < -0.3 is 31.3 Å². The molecule has 6 rings (SSSR count). The van der Waals surface area contributed by atoms with E-state index in [1.807, 2.05) is 112 Å². The minimum Gasteiger partial charge on any atom is -0.391 e. The van der Waals surface area contributed by atoms with Crippen molar-refractivity contribution in [2.45, 2.75) is 123 Å². The highest BCUT2D eigenvalue weighted by atomic mass is 35.5. The number of thiophene rings is 1. The number of thiazole rings is 1. The average Bonchev–Trinajstić information content (AvgIpc) is 4.14. The van der Waals surface area contributed by atoms with Crippen LogP contribution in [0.4, 0.5) is 11.4 Å². The number of aliphatic hydroxyl groups excluding tert-OH is 1. The van der Waals surface area contributed by atoms with Crippen LogP contribution in [0.15, 0.2) is 102 Å². The highest BCUT2D eigenvalue weighted by Crippen LogP contribution is 2.33. The van der Waals surface area contributed by atoms with Gasteiger partial charge in [0.1, 0.15) is 24.0 Å². The third-order valence-corrected chi connectivity index (χ3v) is 14.7. The monoisotopic (exact) mass is 1020 g/mol. The van der Waals surface area contributed by atoms with Crippen LogP contribution in [0.3, 0.4) is 0 Å². The van der Waals surface area contributed by atoms with Gasteiger partial charge in [0.25, 0.3) is 0 Å². The van der Waals surface area contributed by atoms with Crippen LogP contribution < -0.4 is 26.2 Å². The average molecular weight is 1020 g/mol. The third-order valence-electron chi connectivity index (χ3n) is 12.6. The maximum atomic E-state index is 14.1. The molecule has 6 amide bonds. The molecule has 3 aromatic carbocycles. The van der Waals surface area contributed by atoms with E-state index in [1.54, 1.807) is 35.6 Å². The molecule has 1 saturated heterocycles. The number of amides is 6. The van der Waals surface area contributed by atoms with Gasteiger partial charge >= 0.3 is 0 Å². The lowest BCUT2D eigenvalue weighted by Gasteiger charge is -2.35. The van der Waals surface area contributed by atoms with Gasteiger partial charge in [-0.3, -0.25) is 33.7 Å². The van der Waals surface area contributed by atoms with Crippen molar-refractivity contribution in [3.8, 4) is 10.4 Å². The number of nitrogens with zero attached hydrogens (tertiary/aromatic N) is 3. The lowest BCUT2D eigenvalue weighted by molar-refractivity contribution is -0.144. The minimum absolute atomic E-state index is 0.00860. The van der Waals surface area contributed by atoms with Crippen LogP contribution in [-0.4, -0.2) is 87.6 Å². The van der Waals surface area contributed by atoms with Crippen LogP contribution in [0.5, 0.6) is 0 Å². The van der Waals surface area contributed by atoms with E-state index in [4.69, 9.17) is 11.6 Å². The molecule has 5 atom stereocenters. The molecule has 0 saturated carbocycles. The molecule has 0 aliphatic carbocycles. The second kappa shape index (κ2) is 26.0. The Morgan fingerprint density at radius 2 is 1.52 bits per heavy atom. The summed E-state index contributed by atoms with van der Waals surface area (Å²) in [7, 11) is 0. The van der Waals surface area contributed by atoms with Crippen molar-refractivity contribution in [3.05, 3.63) is 124 Å². The van der Waals surface area contributed by atoms with Crippen molar-refractivity contribution in [2.24, 2.45) is 5.41 Å². The van der Waals surface area contributed by atoms with Crippen LogP contribution in [-0.2, 0) is 35.2 Å². The number of carbonyl (C=O) groups excluding carboxylic acids is 6. The van der Waals surface area contributed by atoms with Gasteiger partial charge in [-0.05, 0) is 90.9 Å². The van der Waals surface area contributed by atoms with E-state index >= 15 is 0 Å². The molecule has 2 aromatic heterocycles. The van der Waals surface area contributed by atoms with E-state index in [9.17, 15) is 33.9 Å². The number of hydrogen-bond donors (Lipinski definition) is 5. The molecule has 1 fully saturated rings. The van der Waals surface area contributed by atoms with Gasteiger partial charge in [0.15, 0.2) is 0 Å². The van der Waals surface area contributed by atoms with Crippen LogP contribution in [0.2, 0.25) is 0 Å². The molecule has 5 N–H and O–H groups in total. The van der Waals surface area contributed by atoms with Gasteiger partial charge in [-0.1, -0.05) is 101 Å². The minimum atomic E-state index is -0.938. The Kier molecular flexibility index (Phi) is 19.9. The molecule has 0 radical (unpaired) electrons. The summed E-state index contributed by atoms with van der Waals surface area (Å²) in [6, 6.07) is 25.1. The Balaban J connectivity index is 0.924. The SMILES string of the molecule is Cc1ncsc1-c1ccc([C@H](C)NC(=O)[C@@H]2C[C@@H](O)CN2C(=O)[C@@H](NC(=O)CCCCCCCC(=O)Nc2ccc(N(C(=O)CCl)C(C(=O)NCCc3ccccc3)c3cccs3)cc2)C(C)(C)C)cc1. The lowest BCUT2D eigenvalue weighted by atomic mass is 9.85. The van der Waals surface area contributed by atoms with Crippen molar-refractivity contribution in [2.75, 3.05) is 29.2 Å². The number of β-amino-alcohol motifs (C(OH)–C–C–N with tert-alkyl or cyclic N) is 1. The maximum absolute atomic E-state index is 14.1. The van der Waals surface area contributed by atoms with Crippen molar-refractivity contribution in [1.82, 2.24) is 25.8 Å². The second-order valence-electron chi connectivity index (χ2n) is 19.1. The summed E-state index contributed by atoms with van der Waals surface area (Å²) in [5, 5.41) is 24.4. The number of benzene rings is 3. The van der Waals surface area contributed by atoms with Gasteiger partial charge in [0.05, 0.1) is 28.2 Å². The standard InChI is InChI=1S/C54H66ClN7O7S2/c1-35(38-20-22-39(23-21-38)49-36(2)57-34-71-49)58-51(67)43-31-42(63)33-61(43)53(69)50(54(3,4)5)60-46(65)19-13-8-6-7-12-18-45(64)59-40-24-26-41(27-25-40)62(47(66)32-55)48(44-17-14-30-70-44)52(68)56-29-28-37-15-10-9-11-16-37/h9-11,14-17,20-27,30,34-35,42-43,48,50,63H,6-8,12-13,18-19,28-29,31-33H2,1-5H3,(H,56,68)(H,58,67)(H,59,64)(H,60,65)/t35-,42+,43-,48?,50+/m0/s1. The van der Waals surface area contributed by atoms with Crippen LogP contribution in [0.1, 0.15) is 113 Å². The number of halogens is 1. The summed E-state index contributed by atoms with van der Waals surface area (Å²) in [6.07, 6.45) is 3.94. The van der Waals surface area contributed by atoms with E-state index in [2.05, 4.69) is 26.3 Å². The Morgan fingerprint density at radius 1 is 0.845 bits per heavy atom. The molecule has 1 aliphatic heterocycles. The molecule has 0 bridgehead atoms. The molecule has 17 heteroatoms. The first-order valence-electron chi connectivity index (χ1n) is 24.3. The first kappa shape index (κ1) is 54.4. The number of aryl methyl sites for hydroxylation is 1. The normalized spacial score (nSPS) is 15.8. The summed E-state index contributed by atoms with van der Waals surface area (Å²) < 4.78 is 0. The summed E-state index contributed by atoms with van der Waals surface area (Å²) in [5.41, 5.74) is 6.14. The lowest BCUT2D eigenvalue weighted by Crippen LogP contribution is -2.57. The summed E-state index contributed by atoms with van der Waals surface area (Å²) in [5.74, 6) is -2.29. The van der Waals surface area contributed by atoms with E-state index in [1.165, 1.54) is 21.1 Å². The Labute approximate surface area is 430 Å². The zero-order valence-corrected chi connectivity index (χ0v) is 43.5. The highest BCUT2D eigenvalue weighted by Gasteiger charge is 2.45. The highest BCUT2D eigenvalue weighted by molar-refractivity contribution is 7.13. The predicted molar refractivity (Wildman–Crippen MR) is 282 cm³/mol. The topological polar surface area (TPSA) is 190 Å². The van der Waals surface area contributed by atoms with Crippen LogP contribution in [0.25, 0.3) is 10.4 Å². The molecule has 5 aromatic rings. The van der Waals surface area contributed by atoms with E-state index in [0.717, 1.165) is 46.5 Å². The summed E-state index contributed by atoms with van der Waals surface area (Å²) in [4.78, 5) is 89.9. The molecule has 378 valence electrons. The van der Waals surface area contributed by atoms with Gasteiger partial charge in [-0.25, -0.2) is 4.98 Å². The maximum Gasteiger partial charge on any atom is 0.248 e. The molecule has 1 aliphatic rings. The van der Waals surface area contributed by atoms with Crippen molar-refractivity contribution >= 4 is 81.1 Å². The molecule has 71 heavy (non-hydrogen) atoms. The number of anilines is 2. The molecular formula is C54H66ClN7O7S2. The van der Waals surface area contributed by atoms with Crippen LogP contribution in [0, 0.1) is 12.3 Å². The van der Waals surface area contributed by atoms with Crippen molar-refractivity contribution in [3.63, 3.8) is 0 Å². The molecule has 14 nitrogen and oxygen atoms in total. The molecule has 3 heterocycles. The van der Waals surface area contributed by atoms with Gasteiger partial charge in [0.2, 0.25) is 35.4 Å². The molecule has 0 spiro atoms. The number of unbranched alkanes of at least 4 members (excludes halogenated alkanes) is 4. The zero-order valence-electron chi connectivity index (χ0n) is 41.1. The first-order chi connectivity index (χ1) is 34.0. The first-order valence-corrected chi connectivity index (χ1v) is 26.5. The Morgan fingerprint density at radius 3 is 2.14 bits per heavy atom. The molecule has 1 unspecified atom stereocenters. The second-order valence-corrected chi connectivity index (χ2v) is 21.2. The fourth-order valence-electron chi connectivity index (χ4n) is 8.67. The predicted octanol–water partition coefficient (Wildman–Crippen LogP) is 8.89. The summed E-state index contributed by atoms with van der Waals surface area (Å²) >= 11 is 9.03. The number of aromatic nitrogens is 1. The van der Waals surface area contributed by atoms with Gasteiger partial charge in [-0.2, -0.15) is 0 Å². The number of carbonyl (C=O) groups is 6. The van der Waals surface area contributed by atoms with E-state index in [0.29, 0.717) is 48.5 Å². The van der Waals surface area contributed by atoms with Crippen molar-refractivity contribution < 1.29 is 33.9 Å². The number of rotatable bonds is 23. The van der Waals surface area contributed by atoms with E-state index < -0.39 is 41.5 Å². The number of alkyl halides is 1. The largest absolute Gasteiger partial charge is 0.391 e. The van der Waals surface area contributed by atoms with Crippen LogP contribution >= 0.6 is 34.3 Å². The zero-order chi connectivity index (χ0) is 51.1. The third kappa shape index (κ3) is 15.3. The Hall–Kier alpha value is -5.94. The number of aliphatic hydroxyl groups is 1. The van der Waals surface area contributed by atoms with E-state index in [-0.39, 0.29) is 54.9 Å². The number of likely N-dealkylation sites (tertiary alicyclic amines) is 1. The van der Waals surface area contributed by atoms with Crippen molar-refractivity contribution in [1.29, 1.82) is 0 Å². The quantitative estimate of drug-likeness (QED) is 0.0317. The number of nitrogens with one attached hydrogen (secondary N) is 4.